The highest BCUT2D eigenvalue weighted by atomic mass is 127. The number of nitrogens with one attached hydrogen (secondary N) is 1. The van der Waals surface area contributed by atoms with E-state index < -0.39 is 0 Å². The maximum atomic E-state index is 6.03. The fraction of sp³-hybridized carbons (Fsp3) is 0.632. The van der Waals surface area contributed by atoms with Crippen LogP contribution in [-0.4, -0.2) is 49.2 Å². The van der Waals surface area contributed by atoms with Crippen LogP contribution in [0.2, 0.25) is 0 Å². The van der Waals surface area contributed by atoms with Crippen LogP contribution < -0.4 is 11.1 Å². The average molecular weight is 458 g/mol. The number of fused-ring (bicyclic) bond motifs is 1. The standard InChI is InChI=1S/C19H30N4O.HI/c1-2-17(12-21-19(20)22-13-18-8-5-11-24-18)23-10-9-15-6-3-4-7-16(15)14-23;/h3-4,6-7,17-18H,2,5,8-14H2,1H3,(H3,20,21,22);1H. The summed E-state index contributed by atoms with van der Waals surface area (Å²) >= 11 is 0. The van der Waals surface area contributed by atoms with Crippen molar-refractivity contribution in [2.45, 2.75) is 51.3 Å². The molecule has 2 aliphatic heterocycles. The van der Waals surface area contributed by atoms with Gasteiger partial charge in [-0.15, -0.1) is 24.0 Å². The Hall–Kier alpha value is -0.860. The number of aliphatic imine (C=N–C) groups is 1. The van der Waals surface area contributed by atoms with Gasteiger partial charge in [0.1, 0.15) is 0 Å². The van der Waals surface area contributed by atoms with Crippen LogP contribution >= 0.6 is 24.0 Å². The number of hydrogen-bond acceptors (Lipinski definition) is 3. The average Bonchev–Trinajstić information content (AvgIpc) is 3.14. The molecule has 0 aliphatic carbocycles. The van der Waals surface area contributed by atoms with Gasteiger partial charge in [0.2, 0.25) is 0 Å². The number of rotatable bonds is 6. The van der Waals surface area contributed by atoms with Crippen LogP contribution in [0.1, 0.15) is 37.3 Å². The fourth-order valence-corrected chi connectivity index (χ4v) is 3.62. The van der Waals surface area contributed by atoms with Crippen LogP contribution in [0.15, 0.2) is 29.3 Å². The van der Waals surface area contributed by atoms with Crippen molar-refractivity contribution < 1.29 is 4.74 Å². The molecule has 25 heavy (non-hydrogen) atoms. The summed E-state index contributed by atoms with van der Waals surface area (Å²) in [7, 11) is 0. The van der Waals surface area contributed by atoms with E-state index in [1.54, 1.807) is 0 Å². The second-order valence-electron chi connectivity index (χ2n) is 6.79. The number of guanidine groups is 1. The summed E-state index contributed by atoms with van der Waals surface area (Å²) in [6.07, 6.45) is 4.77. The Morgan fingerprint density at radius 1 is 1.40 bits per heavy atom. The van der Waals surface area contributed by atoms with E-state index in [9.17, 15) is 0 Å². The first-order valence-electron chi connectivity index (χ1n) is 9.22. The van der Waals surface area contributed by atoms with Crippen molar-refractivity contribution in [2.75, 3.05) is 26.2 Å². The van der Waals surface area contributed by atoms with Gasteiger partial charge in [-0.3, -0.25) is 9.89 Å². The molecule has 0 aromatic heterocycles. The van der Waals surface area contributed by atoms with Gasteiger partial charge in [-0.2, -0.15) is 0 Å². The highest BCUT2D eigenvalue weighted by molar-refractivity contribution is 14.0. The number of nitrogens with zero attached hydrogens (tertiary/aromatic N) is 2. The Kier molecular flexibility index (Phi) is 8.45. The van der Waals surface area contributed by atoms with Crippen LogP contribution in [-0.2, 0) is 17.7 Å². The molecular weight excluding hydrogens is 427 g/mol. The Bertz CT molecular complexity index is 560. The van der Waals surface area contributed by atoms with Crippen LogP contribution in [0.25, 0.3) is 0 Å². The van der Waals surface area contributed by atoms with E-state index in [0.717, 1.165) is 58.5 Å². The molecule has 2 heterocycles. The lowest BCUT2D eigenvalue weighted by Crippen LogP contribution is -2.42. The van der Waals surface area contributed by atoms with Crippen LogP contribution in [0.5, 0.6) is 0 Å². The molecule has 3 N–H and O–H groups in total. The van der Waals surface area contributed by atoms with E-state index in [2.05, 4.69) is 46.4 Å². The van der Waals surface area contributed by atoms with Crippen LogP contribution in [0.3, 0.4) is 0 Å². The molecule has 6 heteroatoms. The molecule has 1 saturated heterocycles. The van der Waals surface area contributed by atoms with Crippen molar-refractivity contribution in [3.05, 3.63) is 35.4 Å². The van der Waals surface area contributed by atoms with Crippen molar-refractivity contribution in [2.24, 2.45) is 10.7 Å². The molecule has 3 rings (SSSR count). The van der Waals surface area contributed by atoms with E-state index in [1.165, 1.54) is 11.1 Å². The number of halogens is 1. The molecule has 0 spiro atoms. The SMILES string of the molecule is CCC(CN=C(N)NCC1CCCO1)N1CCc2ccccc2C1.I. The first-order chi connectivity index (χ1) is 11.8. The molecule has 0 amide bonds. The normalized spacial score (nSPS) is 22.1. The zero-order valence-electron chi connectivity index (χ0n) is 15.1. The second kappa shape index (κ2) is 10.3. The minimum atomic E-state index is 0. The van der Waals surface area contributed by atoms with E-state index in [1.807, 2.05) is 0 Å². The second-order valence-corrected chi connectivity index (χ2v) is 6.79. The van der Waals surface area contributed by atoms with Crippen molar-refractivity contribution >= 4 is 29.9 Å². The lowest BCUT2D eigenvalue weighted by atomic mass is 9.98. The van der Waals surface area contributed by atoms with Gasteiger partial charge >= 0.3 is 0 Å². The Morgan fingerprint density at radius 2 is 2.20 bits per heavy atom. The van der Waals surface area contributed by atoms with Gasteiger partial charge in [-0.1, -0.05) is 31.2 Å². The molecule has 1 aromatic carbocycles. The Morgan fingerprint density at radius 3 is 2.92 bits per heavy atom. The van der Waals surface area contributed by atoms with Crippen LogP contribution in [0.4, 0.5) is 0 Å². The van der Waals surface area contributed by atoms with Gasteiger partial charge in [0, 0.05) is 32.3 Å². The topological polar surface area (TPSA) is 62.9 Å². The molecule has 5 nitrogen and oxygen atoms in total. The van der Waals surface area contributed by atoms with Crippen molar-refractivity contribution in [3.63, 3.8) is 0 Å². The molecule has 1 aromatic rings. The summed E-state index contributed by atoms with van der Waals surface area (Å²) in [6.45, 7) is 6.75. The summed E-state index contributed by atoms with van der Waals surface area (Å²) in [5, 5.41) is 3.21. The third kappa shape index (κ3) is 5.82. The van der Waals surface area contributed by atoms with Crippen molar-refractivity contribution in [1.82, 2.24) is 10.2 Å². The first kappa shape index (κ1) is 20.5. The molecule has 2 unspecified atom stereocenters. The van der Waals surface area contributed by atoms with Gasteiger partial charge in [-0.25, -0.2) is 0 Å². The molecule has 0 saturated carbocycles. The Balaban J connectivity index is 0.00000225. The lowest BCUT2D eigenvalue weighted by molar-refractivity contribution is 0.114. The number of ether oxygens (including phenoxy) is 1. The number of nitrogens with two attached hydrogens (primary N) is 1. The zero-order valence-corrected chi connectivity index (χ0v) is 17.4. The van der Waals surface area contributed by atoms with Gasteiger partial charge in [0.15, 0.2) is 5.96 Å². The maximum absolute atomic E-state index is 6.03. The minimum Gasteiger partial charge on any atom is -0.376 e. The predicted octanol–water partition coefficient (Wildman–Crippen LogP) is 2.52. The van der Waals surface area contributed by atoms with Crippen LogP contribution in [0, 0.1) is 0 Å². The quantitative estimate of drug-likeness (QED) is 0.391. The maximum Gasteiger partial charge on any atom is 0.188 e. The highest BCUT2D eigenvalue weighted by Crippen LogP contribution is 2.21. The van der Waals surface area contributed by atoms with E-state index in [-0.39, 0.29) is 24.0 Å². The smallest absolute Gasteiger partial charge is 0.188 e. The summed E-state index contributed by atoms with van der Waals surface area (Å²) in [6, 6.07) is 9.21. The largest absolute Gasteiger partial charge is 0.376 e. The highest BCUT2D eigenvalue weighted by Gasteiger charge is 2.22. The summed E-state index contributed by atoms with van der Waals surface area (Å²) < 4.78 is 5.60. The van der Waals surface area contributed by atoms with Crippen molar-refractivity contribution in [3.8, 4) is 0 Å². The molecule has 140 valence electrons. The Labute approximate surface area is 168 Å². The molecule has 0 bridgehead atoms. The molecule has 2 atom stereocenters. The summed E-state index contributed by atoms with van der Waals surface area (Å²) in [4.78, 5) is 7.11. The van der Waals surface area contributed by atoms with E-state index in [4.69, 9.17) is 10.5 Å². The van der Waals surface area contributed by atoms with Gasteiger partial charge in [0.25, 0.3) is 0 Å². The first-order valence-corrected chi connectivity index (χ1v) is 9.22. The summed E-state index contributed by atoms with van der Waals surface area (Å²) in [5.41, 5.74) is 8.97. The molecule has 1 fully saturated rings. The predicted molar refractivity (Wildman–Crippen MR) is 114 cm³/mol. The van der Waals surface area contributed by atoms with Crippen molar-refractivity contribution in [1.29, 1.82) is 0 Å². The monoisotopic (exact) mass is 458 g/mol. The number of hydrogen-bond donors (Lipinski definition) is 2. The minimum absolute atomic E-state index is 0. The lowest BCUT2D eigenvalue weighted by Gasteiger charge is -2.34. The fourth-order valence-electron chi connectivity index (χ4n) is 3.62. The molecular formula is C19H31IN4O. The molecule has 2 aliphatic rings. The molecule has 0 radical (unpaired) electrons. The number of benzene rings is 1. The van der Waals surface area contributed by atoms with E-state index >= 15 is 0 Å². The summed E-state index contributed by atoms with van der Waals surface area (Å²) in [5.74, 6) is 0.543. The van der Waals surface area contributed by atoms with Gasteiger partial charge in [0.05, 0.1) is 12.6 Å². The third-order valence-corrected chi connectivity index (χ3v) is 5.16. The zero-order chi connectivity index (χ0) is 16.8. The third-order valence-electron chi connectivity index (χ3n) is 5.16. The van der Waals surface area contributed by atoms with Gasteiger partial charge < -0.3 is 15.8 Å². The van der Waals surface area contributed by atoms with E-state index in [0.29, 0.717) is 18.1 Å². The van der Waals surface area contributed by atoms with Gasteiger partial charge in [-0.05, 0) is 36.8 Å².